The van der Waals surface area contributed by atoms with Crippen LogP contribution in [0.15, 0.2) is 36.5 Å². The highest BCUT2D eigenvalue weighted by atomic mass is 35.5. The van der Waals surface area contributed by atoms with Crippen molar-refractivity contribution < 1.29 is 5.11 Å². The van der Waals surface area contributed by atoms with Gasteiger partial charge in [0.05, 0.1) is 5.69 Å². The minimum Gasteiger partial charge on any atom is -0.505 e. The molecule has 3 nitrogen and oxygen atoms in total. The number of phenols is 1. The molecule has 0 aliphatic rings. The van der Waals surface area contributed by atoms with Gasteiger partial charge >= 0.3 is 0 Å². The van der Waals surface area contributed by atoms with Crippen molar-refractivity contribution in [3.05, 3.63) is 64.1 Å². The van der Waals surface area contributed by atoms with Crippen molar-refractivity contribution in [2.75, 3.05) is 0 Å². The number of benzene rings is 1. The minimum absolute atomic E-state index is 0.232. The van der Waals surface area contributed by atoms with E-state index in [0.717, 1.165) is 27.8 Å². The number of halogens is 1. The lowest BCUT2D eigenvalue weighted by Crippen LogP contribution is -1.89. The molecular formula is C18H15ClN2O. The fourth-order valence-corrected chi connectivity index (χ4v) is 2.60. The van der Waals surface area contributed by atoms with Gasteiger partial charge in [-0.05, 0) is 49.3 Å². The van der Waals surface area contributed by atoms with E-state index in [9.17, 15) is 5.11 Å². The number of aromatic hydroxyl groups is 1. The lowest BCUT2D eigenvalue weighted by atomic mass is 10.0. The number of hydrogen-bond donors (Lipinski definition) is 1. The number of aromatic nitrogens is 2. The smallest absolute Gasteiger partial charge is 0.144 e. The van der Waals surface area contributed by atoms with Gasteiger partial charge in [-0.15, -0.1) is 0 Å². The molecule has 3 aromatic rings. The number of nitrogens with zero attached hydrogens (tertiary/aromatic N) is 2. The maximum Gasteiger partial charge on any atom is 0.144 e. The maximum atomic E-state index is 10.2. The molecule has 1 aromatic carbocycles. The summed E-state index contributed by atoms with van der Waals surface area (Å²) in [6, 6.07) is 9.58. The van der Waals surface area contributed by atoms with Gasteiger partial charge in [0.1, 0.15) is 16.4 Å². The number of fused-ring (bicyclic) bond motifs is 1. The summed E-state index contributed by atoms with van der Waals surface area (Å²) in [5.74, 6) is 0.232. The molecule has 0 amide bonds. The summed E-state index contributed by atoms with van der Waals surface area (Å²) >= 11 is 6.03. The van der Waals surface area contributed by atoms with Crippen LogP contribution in [0.5, 0.6) is 5.75 Å². The zero-order chi connectivity index (χ0) is 15.7. The minimum atomic E-state index is 0.232. The molecular weight excluding hydrogens is 296 g/mol. The van der Waals surface area contributed by atoms with E-state index in [-0.39, 0.29) is 5.75 Å². The lowest BCUT2D eigenvalue weighted by Gasteiger charge is -2.08. The molecule has 4 heteroatoms. The first-order chi connectivity index (χ1) is 10.6. The van der Waals surface area contributed by atoms with Crippen molar-refractivity contribution in [2.45, 2.75) is 13.8 Å². The van der Waals surface area contributed by atoms with Gasteiger partial charge in [0.25, 0.3) is 0 Å². The normalized spacial score (nSPS) is 11.4. The first-order valence-electron chi connectivity index (χ1n) is 6.95. The second-order valence-corrected chi connectivity index (χ2v) is 5.57. The number of aryl methyl sites for hydroxylation is 2. The molecule has 2 aromatic heterocycles. The van der Waals surface area contributed by atoms with E-state index in [2.05, 4.69) is 9.97 Å². The van der Waals surface area contributed by atoms with E-state index in [4.69, 9.17) is 11.6 Å². The van der Waals surface area contributed by atoms with Crippen molar-refractivity contribution in [3.63, 3.8) is 0 Å². The van der Waals surface area contributed by atoms with Crippen LogP contribution in [0.4, 0.5) is 0 Å². The molecule has 0 spiro atoms. The van der Waals surface area contributed by atoms with Gasteiger partial charge in [-0.2, -0.15) is 0 Å². The SMILES string of the molecule is Cc1cc(C)c2ccc(C=Cc3cccnc3Cl)nc2c1O. The van der Waals surface area contributed by atoms with Gasteiger partial charge < -0.3 is 5.11 Å². The van der Waals surface area contributed by atoms with Crippen LogP contribution in [0.3, 0.4) is 0 Å². The average molecular weight is 311 g/mol. The number of pyridine rings is 2. The van der Waals surface area contributed by atoms with Gasteiger partial charge in [0, 0.05) is 17.1 Å². The van der Waals surface area contributed by atoms with Crippen LogP contribution in [0, 0.1) is 13.8 Å². The quantitative estimate of drug-likeness (QED) is 0.693. The van der Waals surface area contributed by atoms with Crippen LogP contribution >= 0.6 is 11.6 Å². The molecule has 0 fully saturated rings. The van der Waals surface area contributed by atoms with Gasteiger partial charge in [-0.3, -0.25) is 0 Å². The Morgan fingerprint density at radius 3 is 2.68 bits per heavy atom. The molecule has 0 aliphatic carbocycles. The van der Waals surface area contributed by atoms with E-state index in [1.165, 1.54) is 0 Å². The van der Waals surface area contributed by atoms with Crippen LogP contribution in [-0.2, 0) is 0 Å². The molecule has 0 aliphatic heterocycles. The summed E-state index contributed by atoms with van der Waals surface area (Å²) in [6.45, 7) is 3.89. The van der Waals surface area contributed by atoms with Crippen LogP contribution in [-0.4, -0.2) is 15.1 Å². The third kappa shape index (κ3) is 2.68. The van der Waals surface area contributed by atoms with Gasteiger partial charge in [-0.25, -0.2) is 9.97 Å². The predicted molar refractivity (Wildman–Crippen MR) is 91.1 cm³/mol. The zero-order valence-electron chi connectivity index (χ0n) is 12.3. The largest absolute Gasteiger partial charge is 0.505 e. The van der Waals surface area contributed by atoms with Gasteiger partial charge in [0.15, 0.2) is 0 Å². The second kappa shape index (κ2) is 5.78. The Morgan fingerprint density at radius 1 is 1.09 bits per heavy atom. The van der Waals surface area contributed by atoms with Crippen LogP contribution in [0.2, 0.25) is 5.15 Å². The molecule has 0 saturated heterocycles. The summed E-state index contributed by atoms with van der Waals surface area (Å²) < 4.78 is 0. The van der Waals surface area contributed by atoms with Crippen LogP contribution < -0.4 is 0 Å². The summed E-state index contributed by atoms with van der Waals surface area (Å²) in [5.41, 5.74) is 4.14. The molecule has 1 N–H and O–H groups in total. The second-order valence-electron chi connectivity index (χ2n) is 5.21. The zero-order valence-corrected chi connectivity index (χ0v) is 13.1. The Balaban J connectivity index is 2.06. The van der Waals surface area contributed by atoms with E-state index in [1.807, 2.05) is 56.3 Å². The molecule has 110 valence electrons. The van der Waals surface area contributed by atoms with Gasteiger partial charge in [-0.1, -0.05) is 29.8 Å². The Kier molecular flexibility index (Phi) is 3.82. The van der Waals surface area contributed by atoms with E-state index >= 15 is 0 Å². The Hall–Kier alpha value is -2.39. The summed E-state index contributed by atoms with van der Waals surface area (Å²) in [7, 11) is 0. The van der Waals surface area contributed by atoms with E-state index in [0.29, 0.717) is 10.7 Å². The predicted octanol–water partition coefficient (Wildman–Crippen LogP) is 4.78. The third-order valence-electron chi connectivity index (χ3n) is 3.59. The first-order valence-corrected chi connectivity index (χ1v) is 7.32. The maximum absolute atomic E-state index is 10.2. The first kappa shape index (κ1) is 14.5. The number of rotatable bonds is 2. The molecule has 2 heterocycles. The molecule has 0 atom stereocenters. The van der Waals surface area contributed by atoms with Crippen LogP contribution in [0.25, 0.3) is 23.1 Å². The van der Waals surface area contributed by atoms with Crippen molar-refractivity contribution in [3.8, 4) is 5.75 Å². The highest BCUT2D eigenvalue weighted by Crippen LogP contribution is 2.30. The van der Waals surface area contributed by atoms with Crippen LogP contribution in [0.1, 0.15) is 22.4 Å². The van der Waals surface area contributed by atoms with E-state index in [1.54, 1.807) is 6.20 Å². The Bertz CT molecular complexity index is 888. The highest BCUT2D eigenvalue weighted by Gasteiger charge is 2.08. The van der Waals surface area contributed by atoms with Crippen molar-refractivity contribution in [2.24, 2.45) is 0 Å². The molecule has 3 rings (SSSR count). The Labute approximate surface area is 133 Å². The molecule has 22 heavy (non-hydrogen) atoms. The summed E-state index contributed by atoms with van der Waals surface area (Å²) in [6.07, 6.45) is 5.38. The lowest BCUT2D eigenvalue weighted by molar-refractivity contribution is 0.476. The van der Waals surface area contributed by atoms with Crippen molar-refractivity contribution in [1.82, 2.24) is 9.97 Å². The average Bonchev–Trinajstić information content (AvgIpc) is 2.52. The topological polar surface area (TPSA) is 46.0 Å². The molecule has 0 radical (unpaired) electrons. The molecule has 0 saturated carbocycles. The number of hydrogen-bond acceptors (Lipinski definition) is 3. The monoisotopic (exact) mass is 310 g/mol. The Morgan fingerprint density at radius 2 is 1.91 bits per heavy atom. The number of phenolic OH excluding ortho intramolecular Hbond substituents is 1. The van der Waals surface area contributed by atoms with E-state index < -0.39 is 0 Å². The summed E-state index contributed by atoms with van der Waals surface area (Å²) in [5, 5.41) is 11.6. The third-order valence-corrected chi connectivity index (χ3v) is 3.91. The van der Waals surface area contributed by atoms with Gasteiger partial charge in [0.2, 0.25) is 0 Å². The molecule has 0 unspecified atom stereocenters. The highest BCUT2D eigenvalue weighted by molar-refractivity contribution is 6.30. The van der Waals surface area contributed by atoms with Crippen molar-refractivity contribution >= 4 is 34.7 Å². The fourth-order valence-electron chi connectivity index (χ4n) is 2.42. The standard InChI is InChI=1S/C18H15ClN2O/c1-11-10-12(2)17(22)16-15(11)8-7-14(21-16)6-5-13-4-3-9-20-18(13)19/h3-10,22H,1-2H3. The van der Waals surface area contributed by atoms with Crippen molar-refractivity contribution in [1.29, 1.82) is 0 Å². The molecule has 0 bridgehead atoms. The summed E-state index contributed by atoms with van der Waals surface area (Å²) in [4.78, 5) is 8.57. The fraction of sp³-hybridized carbons (Fsp3) is 0.111.